The third-order valence-corrected chi connectivity index (χ3v) is 3.17. The summed E-state index contributed by atoms with van der Waals surface area (Å²) in [5.41, 5.74) is 1.76. The van der Waals surface area contributed by atoms with Gasteiger partial charge in [0.05, 0.1) is 11.0 Å². The first-order valence-electron chi connectivity index (χ1n) is 5.46. The molecule has 0 unspecified atom stereocenters. The largest absolute Gasteiger partial charge is 0.327 e. The van der Waals surface area contributed by atoms with Gasteiger partial charge >= 0.3 is 0 Å². The highest BCUT2D eigenvalue weighted by Crippen LogP contribution is 2.17. The highest BCUT2D eigenvalue weighted by Gasteiger charge is 2.14. The maximum absolute atomic E-state index is 11.2. The Hall–Kier alpha value is -1.40. The van der Waals surface area contributed by atoms with Crippen LogP contribution >= 0.6 is 0 Å². The highest BCUT2D eigenvalue weighted by molar-refractivity contribution is 7.88. The van der Waals surface area contributed by atoms with Gasteiger partial charge in [-0.25, -0.2) is 18.5 Å². The zero-order valence-corrected chi connectivity index (χ0v) is 10.4. The van der Waals surface area contributed by atoms with Crippen LogP contribution in [0.3, 0.4) is 0 Å². The highest BCUT2D eigenvalue weighted by atomic mass is 32.2. The first kappa shape index (κ1) is 12.1. The lowest BCUT2D eigenvalue weighted by atomic mass is 10.3. The number of aromatic nitrogens is 2. The summed E-state index contributed by atoms with van der Waals surface area (Å²) in [7, 11) is -3.55. The second-order valence-electron chi connectivity index (χ2n) is 3.98. The van der Waals surface area contributed by atoms with Gasteiger partial charge in [0.15, 0.2) is 0 Å². The molecular formula is C11H15N3O2S. The average Bonchev–Trinajstić information content (AvgIpc) is 2.55. The van der Waals surface area contributed by atoms with Crippen molar-refractivity contribution in [2.24, 2.45) is 5.14 Å². The van der Waals surface area contributed by atoms with Gasteiger partial charge in [-0.05, 0) is 18.6 Å². The Bertz CT molecular complexity index is 631. The zero-order valence-electron chi connectivity index (χ0n) is 9.63. The van der Waals surface area contributed by atoms with E-state index in [4.69, 9.17) is 5.14 Å². The first-order valence-corrected chi connectivity index (χ1v) is 7.17. The molecule has 17 heavy (non-hydrogen) atoms. The van der Waals surface area contributed by atoms with Crippen molar-refractivity contribution in [3.63, 3.8) is 0 Å². The van der Waals surface area contributed by atoms with Crippen molar-refractivity contribution >= 4 is 21.1 Å². The van der Waals surface area contributed by atoms with E-state index >= 15 is 0 Å². The smallest absolute Gasteiger partial charge is 0.216 e. The number of primary sulfonamides is 1. The Morgan fingerprint density at radius 3 is 2.71 bits per heavy atom. The molecule has 92 valence electrons. The number of hydrogen-bond donors (Lipinski definition) is 1. The first-order chi connectivity index (χ1) is 8.01. The lowest BCUT2D eigenvalue weighted by Gasteiger charge is -2.06. The lowest BCUT2D eigenvalue weighted by Crippen LogP contribution is -2.17. The maximum Gasteiger partial charge on any atom is 0.216 e. The fourth-order valence-electron chi connectivity index (χ4n) is 1.89. The van der Waals surface area contributed by atoms with Crippen LogP contribution in [0.4, 0.5) is 0 Å². The van der Waals surface area contributed by atoms with Crippen LogP contribution in [0.25, 0.3) is 11.0 Å². The molecule has 0 spiro atoms. The second-order valence-corrected chi connectivity index (χ2v) is 5.59. The second kappa shape index (κ2) is 4.46. The summed E-state index contributed by atoms with van der Waals surface area (Å²) < 4.78 is 24.2. The molecule has 6 heteroatoms. The fourth-order valence-corrected chi connectivity index (χ4v) is 2.47. The number of sulfonamides is 1. The van der Waals surface area contributed by atoms with Crippen LogP contribution in [0, 0.1) is 0 Å². The molecule has 0 aliphatic heterocycles. The molecule has 0 amide bonds. The Labute approximate surface area is 100 Å². The van der Waals surface area contributed by atoms with Gasteiger partial charge in [-0.15, -0.1) is 0 Å². The number of imidazole rings is 1. The van der Waals surface area contributed by atoms with Crippen molar-refractivity contribution in [1.29, 1.82) is 0 Å². The third kappa shape index (κ3) is 2.65. The Balaban J connectivity index is 2.57. The van der Waals surface area contributed by atoms with Gasteiger partial charge in [0.2, 0.25) is 10.0 Å². The van der Waals surface area contributed by atoms with Crippen LogP contribution in [0.1, 0.15) is 19.2 Å². The van der Waals surface area contributed by atoms with Crippen molar-refractivity contribution in [3.05, 3.63) is 30.1 Å². The molecule has 1 aromatic heterocycles. The molecule has 0 saturated carbocycles. The third-order valence-electron chi connectivity index (χ3n) is 2.51. The number of aryl methyl sites for hydroxylation is 1. The normalized spacial score (nSPS) is 12.1. The maximum atomic E-state index is 11.2. The molecule has 0 saturated heterocycles. The van der Waals surface area contributed by atoms with E-state index < -0.39 is 10.0 Å². The number of hydrogen-bond acceptors (Lipinski definition) is 3. The van der Waals surface area contributed by atoms with Gasteiger partial charge in [0.25, 0.3) is 0 Å². The van der Waals surface area contributed by atoms with Gasteiger partial charge in [-0.1, -0.05) is 19.1 Å². The summed E-state index contributed by atoms with van der Waals surface area (Å²) in [4.78, 5) is 4.32. The molecule has 0 aliphatic rings. The molecule has 0 aliphatic carbocycles. The quantitative estimate of drug-likeness (QED) is 0.890. The topological polar surface area (TPSA) is 78.0 Å². The van der Waals surface area contributed by atoms with Crippen LogP contribution in [0.2, 0.25) is 0 Å². The summed E-state index contributed by atoms with van der Waals surface area (Å²) in [6.45, 7) is 2.78. The molecular weight excluding hydrogens is 238 g/mol. The molecule has 2 aromatic rings. The summed E-state index contributed by atoms with van der Waals surface area (Å²) in [5.74, 6) is 0.289. The summed E-state index contributed by atoms with van der Waals surface area (Å²) in [6.07, 6.45) is 0.915. The van der Waals surface area contributed by atoms with Crippen molar-refractivity contribution in [3.8, 4) is 0 Å². The molecule has 0 fully saturated rings. The van der Waals surface area contributed by atoms with E-state index in [1.54, 1.807) is 0 Å². The lowest BCUT2D eigenvalue weighted by molar-refractivity contribution is 0.591. The predicted octanol–water partition coefficient (Wildman–Crippen LogP) is 1.23. The SMILES string of the molecule is CCCn1c(CS(N)(=O)=O)nc2ccccc21. The van der Waals surface area contributed by atoms with Gasteiger partial charge in [0, 0.05) is 6.54 Å². The number of para-hydroxylation sites is 2. The van der Waals surface area contributed by atoms with Gasteiger partial charge in [-0.3, -0.25) is 0 Å². The Morgan fingerprint density at radius 2 is 2.06 bits per heavy atom. The van der Waals surface area contributed by atoms with E-state index in [0.29, 0.717) is 5.82 Å². The number of nitrogens with two attached hydrogens (primary N) is 1. The van der Waals surface area contributed by atoms with Crippen LogP contribution in [-0.2, 0) is 22.3 Å². The Kier molecular flexibility index (Phi) is 3.17. The van der Waals surface area contributed by atoms with Crippen LogP contribution in [0.15, 0.2) is 24.3 Å². The zero-order chi connectivity index (χ0) is 12.5. The summed E-state index contributed by atoms with van der Waals surface area (Å²) in [5, 5.41) is 5.07. The van der Waals surface area contributed by atoms with E-state index in [-0.39, 0.29) is 5.75 Å². The minimum absolute atomic E-state index is 0.221. The summed E-state index contributed by atoms with van der Waals surface area (Å²) >= 11 is 0. The average molecular weight is 253 g/mol. The van der Waals surface area contributed by atoms with Crippen LogP contribution < -0.4 is 5.14 Å². The number of benzene rings is 1. The van der Waals surface area contributed by atoms with Gasteiger partial charge < -0.3 is 4.57 Å². The minimum atomic E-state index is -3.55. The van der Waals surface area contributed by atoms with Crippen molar-refractivity contribution < 1.29 is 8.42 Å². The molecule has 2 N–H and O–H groups in total. The Morgan fingerprint density at radius 1 is 1.35 bits per heavy atom. The van der Waals surface area contributed by atoms with Crippen molar-refractivity contribution in [2.75, 3.05) is 0 Å². The predicted molar refractivity (Wildman–Crippen MR) is 66.8 cm³/mol. The minimum Gasteiger partial charge on any atom is -0.327 e. The molecule has 2 rings (SSSR count). The van der Waals surface area contributed by atoms with Crippen molar-refractivity contribution in [1.82, 2.24) is 9.55 Å². The van der Waals surface area contributed by atoms with E-state index in [2.05, 4.69) is 4.98 Å². The van der Waals surface area contributed by atoms with E-state index in [1.165, 1.54) is 0 Å². The van der Waals surface area contributed by atoms with E-state index in [9.17, 15) is 8.42 Å². The van der Waals surface area contributed by atoms with Crippen LogP contribution in [0.5, 0.6) is 0 Å². The van der Waals surface area contributed by atoms with Gasteiger partial charge in [-0.2, -0.15) is 0 Å². The van der Waals surface area contributed by atoms with E-state index in [0.717, 1.165) is 24.0 Å². The van der Waals surface area contributed by atoms with Crippen molar-refractivity contribution in [2.45, 2.75) is 25.6 Å². The number of nitrogens with zero attached hydrogens (tertiary/aromatic N) is 2. The fraction of sp³-hybridized carbons (Fsp3) is 0.364. The number of rotatable bonds is 4. The standard InChI is InChI=1S/C11H15N3O2S/c1-2-7-14-10-6-4-3-5-9(10)13-11(14)8-17(12,15)16/h3-6H,2,7-8H2,1H3,(H2,12,15,16). The molecule has 1 aromatic carbocycles. The van der Waals surface area contributed by atoms with E-state index in [1.807, 2.05) is 35.8 Å². The monoisotopic (exact) mass is 253 g/mol. The molecule has 0 atom stereocenters. The summed E-state index contributed by atoms with van der Waals surface area (Å²) in [6, 6.07) is 7.60. The molecule has 5 nitrogen and oxygen atoms in total. The number of fused-ring (bicyclic) bond motifs is 1. The van der Waals surface area contributed by atoms with Crippen LogP contribution in [-0.4, -0.2) is 18.0 Å². The molecule has 0 bridgehead atoms. The molecule has 0 radical (unpaired) electrons. The molecule has 1 heterocycles. The van der Waals surface area contributed by atoms with Gasteiger partial charge in [0.1, 0.15) is 11.6 Å².